The number of nitrogens with zero attached hydrogens (tertiary/aromatic N) is 1. The van der Waals surface area contributed by atoms with Crippen molar-refractivity contribution in [2.45, 2.75) is 17.9 Å². The highest BCUT2D eigenvalue weighted by atomic mass is 32.2. The van der Waals surface area contributed by atoms with Gasteiger partial charge in [-0.15, -0.1) is 0 Å². The first-order chi connectivity index (χ1) is 14.8. The van der Waals surface area contributed by atoms with Crippen molar-refractivity contribution < 1.29 is 13.2 Å². The van der Waals surface area contributed by atoms with Gasteiger partial charge >= 0.3 is 0 Å². The van der Waals surface area contributed by atoms with Crippen LogP contribution in [0.3, 0.4) is 0 Å². The van der Waals surface area contributed by atoms with E-state index in [0.717, 1.165) is 16.5 Å². The van der Waals surface area contributed by atoms with E-state index in [1.165, 1.54) is 12.1 Å². The third-order valence-electron chi connectivity index (χ3n) is 5.06. The van der Waals surface area contributed by atoms with Gasteiger partial charge in [-0.2, -0.15) is 0 Å². The normalized spacial score (nSPS) is 12.5. The summed E-state index contributed by atoms with van der Waals surface area (Å²) in [6, 6.07) is 24.7. The molecule has 0 radical (unpaired) electrons. The number of rotatable bonds is 5. The van der Waals surface area contributed by atoms with Crippen LogP contribution in [0.4, 0.5) is 0 Å². The first-order valence-electron chi connectivity index (χ1n) is 9.72. The van der Waals surface area contributed by atoms with E-state index >= 15 is 0 Å². The van der Waals surface area contributed by atoms with E-state index < -0.39 is 16.1 Å². The molecule has 1 heterocycles. The number of pyridine rings is 1. The Morgan fingerprint density at radius 1 is 0.935 bits per heavy atom. The molecule has 4 rings (SSSR count). The summed E-state index contributed by atoms with van der Waals surface area (Å²) >= 11 is 0. The molecule has 0 saturated carbocycles. The van der Waals surface area contributed by atoms with Crippen LogP contribution in [0.25, 0.3) is 22.2 Å². The summed E-state index contributed by atoms with van der Waals surface area (Å²) in [5.41, 5.74) is 3.47. The third-order valence-corrected chi connectivity index (χ3v) is 5.98. The minimum atomic E-state index is -3.83. The molecule has 1 atom stereocenters. The van der Waals surface area contributed by atoms with Crippen molar-refractivity contribution in [3.8, 4) is 11.3 Å². The van der Waals surface area contributed by atoms with Gasteiger partial charge in [0, 0.05) is 10.9 Å². The molecule has 0 aliphatic rings. The maximum Gasteiger partial charge on any atom is 0.252 e. The summed E-state index contributed by atoms with van der Waals surface area (Å²) in [4.78, 5) is 17.9. The Labute approximate surface area is 180 Å². The highest BCUT2D eigenvalue weighted by molar-refractivity contribution is 7.89. The summed E-state index contributed by atoms with van der Waals surface area (Å²) in [7, 11) is -3.83. The first kappa shape index (κ1) is 20.7. The number of fused-ring (bicyclic) bond motifs is 1. The van der Waals surface area contributed by atoms with Gasteiger partial charge in [0.15, 0.2) is 0 Å². The quantitative estimate of drug-likeness (QED) is 0.498. The molecule has 0 saturated heterocycles. The number of hydrogen-bond acceptors (Lipinski definition) is 4. The second-order valence-electron chi connectivity index (χ2n) is 7.25. The Balaban J connectivity index is 1.71. The van der Waals surface area contributed by atoms with Gasteiger partial charge in [0.1, 0.15) is 0 Å². The number of carbonyl (C=O) groups is 1. The van der Waals surface area contributed by atoms with Crippen molar-refractivity contribution in [2.75, 3.05) is 0 Å². The number of para-hydroxylation sites is 1. The maximum absolute atomic E-state index is 13.2. The molecule has 3 aromatic carbocycles. The minimum absolute atomic E-state index is 0.00632. The molecule has 31 heavy (non-hydrogen) atoms. The average molecular weight is 432 g/mol. The predicted octanol–water partition coefficient (Wildman–Crippen LogP) is 4.04. The van der Waals surface area contributed by atoms with Crippen LogP contribution < -0.4 is 10.5 Å². The fourth-order valence-corrected chi connectivity index (χ4v) is 4.01. The lowest BCUT2D eigenvalue weighted by molar-refractivity contribution is 0.0941. The molecule has 7 heteroatoms. The largest absolute Gasteiger partial charge is 0.345 e. The zero-order valence-corrected chi connectivity index (χ0v) is 17.6. The monoisotopic (exact) mass is 431 g/mol. The highest BCUT2D eigenvalue weighted by Gasteiger charge is 2.18. The molecule has 0 aliphatic carbocycles. The summed E-state index contributed by atoms with van der Waals surface area (Å²) in [5.74, 6) is -0.274. The van der Waals surface area contributed by atoms with Crippen molar-refractivity contribution in [1.82, 2.24) is 10.3 Å². The topological polar surface area (TPSA) is 102 Å². The van der Waals surface area contributed by atoms with Crippen LogP contribution >= 0.6 is 0 Å². The standard InChI is InChI=1S/C24H21N3O3S/c1-16(18-10-7-11-19(14-18)31(25,29)30)26-24(28)21-15-23(17-8-3-2-4-9-17)27-22-13-6-5-12-20(21)22/h2-16H,1H3,(H,26,28)(H2,25,29,30). The zero-order valence-electron chi connectivity index (χ0n) is 16.8. The van der Waals surface area contributed by atoms with Crippen molar-refractivity contribution in [2.24, 2.45) is 5.14 Å². The Morgan fingerprint density at radius 2 is 1.65 bits per heavy atom. The molecule has 3 N–H and O–H groups in total. The van der Waals surface area contributed by atoms with Crippen LogP contribution in [-0.2, 0) is 10.0 Å². The van der Waals surface area contributed by atoms with Crippen LogP contribution in [0.15, 0.2) is 89.8 Å². The summed E-state index contributed by atoms with van der Waals surface area (Å²) in [6.07, 6.45) is 0. The summed E-state index contributed by atoms with van der Waals surface area (Å²) < 4.78 is 23.3. The second-order valence-corrected chi connectivity index (χ2v) is 8.81. The van der Waals surface area contributed by atoms with Crippen molar-refractivity contribution in [1.29, 1.82) is 0 Å². The lowest BCUT2D eigenvalue weighted by Gasteiger charge is -2.16. The number of nitrogens with one attached hydrogen (secondary N) is 1. The fourth-order valence-electron chi connectivity index (χ4n) is 3.44. The van der Waals surface area contributed by atoms with Gasteiger partial charge in [-0.25, -0.2) is 18.5 Å². The van der Waals surface area contributed by atoms with E-state index in [0.29, 0.717) is 16.8 Å². The van der Waals surface area contributed by atoms with Crippen LogP contribution in [0, 0.1) is 0 Å². The Kier molecular flexibility index (Phi) is 5.54. The molecule has 1 aromatic heterocycles. The minimum Gasteiger partial charge on any atom is -0.345 e. The smallest absolute Gasteiger partial charge is 0.252 e. The number of amides is 1. The molecule has 0 bridgehead atoms. The van der Waals surface area contributed by atoms with E-state index in [4.69, 9.17) is 10.1 Å². The molecule has 4 aromatic rings. The molecule has 0 aliphatic heterocycles. The summed E-state index contributed by atoms with van der Waals surface area (Å²) in [6.45, 7) is 1.79. The molecule has 156 valence electrons. The second kappa shape index (κ2) is 8.29. The molecule has 0 spiro atoms. The van der Waals surface area contributed by atoms with E-state index in [9.17, 15) is 13.2 Å². The van der Waals surface area contributed by atoms with E-state index in [-0.39, 0.29) is 10.8 Å². The average Bonchev–Trinajstić information content (AvgIpc) is 2.78. The SMILES string of the molecule is CC(NC(=O)c1cc(-c2ccccc2)nc2ccccc12)c1cccc(S(N)(=O)=O)c1. The van der Waals surface area contributed by atoms with Crippen molar-refractivity contribution >= 4 is 26.8 Å². The number of benzene rings is 3. The van der Waals surface area contributed by atoms with Gasteiger partial charge in [-0.3, -0.25) is 4.79 Å². The fraction of sp³-hybridized carbons (Fsp3) is 0.0833. The van der Waals surface area contributed by atoms with Gasteiger partial charge in [0.2, 0.25) is 10.0 Å². The lowest BCUT2D eigenvalue weighted by Crippen LogP contribution is -2.27. The van der Waals surface area contributed by atoms with E-state index in [1.807, 2.05) is 54.6 Å². The highest BCUT2D eigenvalue weighted by Crippen LogP contribution is 2.25. The van der Waals surface area contributed by atoms with E-state index in [2.05, 4.69) is 5.32 Å². The predicted molar refractivity (Wildman–Crippen MR) is 121 cm³/mol. The molecule has 6 nitrogen and oxygen atoms in total. The Morgan fingerprint density at radius 3 is 2.39 bits per heavy atom. The lowest BCUT2D eigenvalue weighted by atomic mass is 10.0. The van der Waals surface area contributed by atoms with Gasteiger partial charge in [0.25, 0.3) is 5.91 Å². The number of hydrogen-bond donors (Lipinski definition) is 2. The van der Waals surface area contributed by atoms with Crippen molar-refractivity contribution in [3.05, 3.63) is 96.1 Å². The van der Waals surface area contributed by atoms with E-state index in [1.54, 1.807) is 25.1 Å². The summed E-state index contributed by atoms with van der Waals surface area (Å²) in [5, 5.41) is 8.93. The van der Waals surface area contributed by atoms with Gasteiger partial charge in [-0.1, -0.05) is 60.7 Å². The van der Waals surface area contributed by atoms with Crippen LogP contribution in [-0.4, -0.2) is 19.3 Å². The number of sulfonamides is 1. The van der Waals surface area contributed by atoms with Crippen LogP contribution in [0.5, 0.6) is 0 Å². The van der Waals surface area contributed by atoms with Crippen LogP contribution in [0.2, 0.25) is 0 Å². The zero-order chi connectivity index (χ0) is 22.0. The first-order valence-corrected chi connectivity index (χ1v) is 11.3. The molecule has 0 fully saturated rings. The van der Waals surface area contributed by atoms with Gasteiger partial charge < -0.3 is 5.32 Å². The number of aromatic nitrogens is 1. The Bertz CT molecular complexity index is 1370. The molecular formula is C24H21N3O3S. The third kappa shape index (κ3) is 4.47. The molecular weight excluding hydrogens is 410 g/mol. The Hall–Kier alpha value is -3.55. The maximum atomic E-state index is 13.2. The number of carbonyl (C=O) groups excluding carboxylic acids is 1. The van der Waals surface area contributed by atoms with Crippen LogP contribution in [0.1, 0.15) is 28.9 Å². The molecule has 1 unspecified atom stereocenters. The van der Waals surface area contributed by atoms with Gasteiger partial charge in [0.05, 0.1) is 27.7 Å². The molecule has 1 amide bonds. The van der Waals surface area contributed by atoms with Crippen molar-refractivity contribution in [3.63, 3.8) is 0 Å². The number of primary sulfonamides is 1. The van der Waals surface area contributed by atoms with Gasteiger partial charge in [-0.05, 0) is 36.8 Å². The number of nitrogens with two attached hydrogens (primary N) is 1.